The van der Waals surface area contributed by atoms with E-state index in [1.165, 1.54) is 0 Å². The molecule has 7 heteroatoms. The van der Waals surface area contributed by atoms with Crippen LogP contribution >= 0.6 is 23.2 Å². The smallest absolute Gasteiger partial charge is 0.156 e. The maximum Gasteiger partial charge on any atom is 0.156 e. The minimum absolute atomic E-state index is 0.0712. The van der Waals surface area contributed by atoms with E-state index in [-0.39, 0.29) is 6.61 Å². The van der Waals surface area contributed by atoms with E-state index in [9.17, 15) is 5.11 Å². The maximum absolute atomic E-state index is 9.98. The number of ether oxygens (including phenoxy) is 1. The van der Waals surface area contributed by atoms with Crippen molar-refractivity contribution in [2.75, 3.05) is 6.61 Å². The summed E-state index contributed by atoms with van der Waals surface area (Å²) in [6.07, 6.45) is -0.734. The molecule has 0 aliphatic rings. The first-order valence-corrected chi connectivity index (χ1v) is 6.86. The second-order valence-corrected chi connectivity index (χ2v) is 5.22. The summed E-state index contributed by atoms with van der Waals surface area (Å²) in [4.78, 5) is 4.17. The van der Waals surface area contributed by atoms with E-state index in [1.54, 1.807) is 29.8 Å². The molecule has 2 rings (SSSR count). The molecule has 20 heavy (non-hydrogen) atoms. The molecule has 0 spiro atoms. The van der Waals surface area contributed by atoms with Crippen LogP contribution in [0.15, 0.2) is 18.2 Å². The van der Waals surface area contributed by atoms with Crippen molar-refractivity contribution in [2.24, 2.45) is 0 Å². The molecule has 0 aliphatic heterocycles. The highest BCUT2D eigenvalue weighted by Crippen LogP contribution is 2.32. The van der Waals surface area contributed by atoms with Gasteiger partial charge < -0.3 is 9.84 Å². The molecule has 0 saturated carbocycles. The van der Waals surface area contributed by atoms with Gasteiger partial charge in [0.25, 0.3) is 0 Å². The summed E-state index contributed by atoms with van der Waals surface area (Å²) in [5.41, 5.74) is 0. The largest absolute Gasteiger partial charge is 0.488 e. The molecule has 2 aromatic rings. The van der Waals surface area contributed by atoms with E-state index >= 15 is 0 Å². The van der Waals surface area contributed by atoms with Crippen molar-refractivity contribution >= 4 is 23.2 Å². The summed E-state index contributed by atoms with van der Waals surface area (Å²) >= 11 is 12.0. The predicted molar refractivity (Wildman–Crippen MR) is 77.5 cm³/mol. The molecule has 1 N–H and O–H groups in total. The van der Waals surface area contributed by atoms with Gasteiger partial charge in [-0.1, -0.05) is 29.3 Å². The quantitative estimate of drug-likeness (QED) is 0.921. The van der Waals surface area contributed by atoms with Gasteiger partial charge in [0.05, 0.1) is 16.6 Å². The zero-order valence-corrected chi connectivity index (χ0v) is 12.7. The van der Waals surface area contributed by atoms with Gasteiger partial charge in [0, 0.05) is 0 Å². The first-order valence-electron chi connectivity index (χ1n) is 6.10. The van der Waals surface area contributed by atoms with E-state index in [1.807, 2.05) is 6.92 Å². The van der Waals surface area contributed by atoms with Crippen molar-refractivity contribution in [3.8, 4) is 5.75 Å². The number of aromatic nitrogens is 3. The number of benzene rings is 1. The summed E-state index contributed by atoms with van der Waals surface area (Å²) in [5, 5.41) is 15.0. The fraction of sp³-hybridized carbons (Fsp3) is 0.385. The first-order chi connectivity index (χ1) is 9.47. The second kappa shape index (κ2) is 6.43. The third kappa shape index (κ3) is 3.62. The van der Waals surface area contributed by atoms with Crippen LogP contribution in [-0.4, -0.2) is 32.6 Å². The number of nitrogens with zero attached hydrogens (tertiary/aromatic N) is 3. The molecule has 1 atom stereocenters. The van der Waals surface area contributed by atoms with Crippen LogP contribution in [0.5, 0.6) is 5.75 Å². The lowest BCUT2D eigenvalue weighted by molar-refractivity contribution is 0.0887. The molecule has 1 aromatic heterocycles. The van der Waals surface area contributed by atoms with Crippen molar-refractivity contribution < 1.29 is 9.84 Å². The molecule has 0 saturated heterocycles. The van der Waals surface area contributed by atoms with Gasteiger partial charge >= 0.3 is 0 Å². The van der Waals surface area contributed by atoms with Crippen LogP contribution in [0.4, 0.5) is 0 Å². The Bertz CT molecular complexity index is 581. The molecule has 0 bridgehead atoms. The SMILES string of the molecule is Cc1nc(C)n(CC(O)COc2c(Cl)cccc2Cl)n1. The Kier molecular flexibility index (Phi) is 4.86. The Hall–Kier alpha value is -1.30. The number of aliphatic hydroxyl groups excluding tert-OH is 1. The van der Waals surface area contributed by atoms with Gasteiger partial charge in [0.2, 0.25) is 0 Å². The maximum atomic E-state index is 9.98. The van der Waals surface area contributed by atoms with Gasteiger partial charge in [0.1, 0.15) is 24.4 Å². The topological polar surface area (TPSA) is 60.2 Å². The number of para-hydroxylation sites is 1. The molecule has 0 fully saturated rings. The highest BCUT2D eigenvalue weighted by Gasteiger charge is 2.13. The Morgan fingerprint density at radius 1 is 1.30 bits per heavy atom. The Morgan fingerprint density at radius 2 is 1.95 bits per heavy atom. The van der Waals surface area contributed by atoms with E-state index in [4.69, 9.17) is 27.9 Å². The van der Waals surface area contributed by atoms with E-state index < -0.39 is 6.10 Å². The summed E-state index contributed by atoms with van der Waals surface area (Å²) < 4.78 is 7.11. The van der Waals surface area contributed by atoms with Gasteiger partial charge in [-0.2, -0.15) is 5.10 Å². The molecule has 5 nitrogen and oxygen atoms in total. The highest BCUT2D eigenvalue weighted by molar-refractivity contribution is 6.37. The van der Waals surface area contributed by atoms with Crippen molar-refractivity contribution in [1.82, 2.24) is 14.8 Å². The number of halogens is 2. The molecular weight excluding hydrogens is 301 g/mol. The zero-order chi connectivity index (χ0) is 14.7. The number of hydrogen-bond donors (Lipinski definition) is 1. The summed E-state index contributed by atoms with van der Waals surface area (Å²) in [6, 6.07) is 5.09. The summed E-state index contributed by atoms with van der Waals surface area (Å²) in [7, 11) is 0. The van der Waals surface area contributed by atoms with Crippen LogP contribution < -0.4 is 4.74 Å². The minimum atomic E-state index is -0.734. The van der Waals surface area contributed by atoms with Gasteiger partial charge in [-0.25, -0.2) is 9.67 Å². The van der Waals surface area contributed by atoms with Crippen LogP contribution in [-0.2, 0) is 6.54 Å². The number of hydrogen-bond acceptors (Lipinski definition) is 4. The lowest BCUT2D eigenvalue weighted by Crippen LogP contribution is -2.25. The third-order valence-corrected chi connectivity index (χ3v) is 3.28. The van der Waals surface area contributed by atoms with Crippen molar-refractivity contribution in [3.63, 3.8) is 0 Å². The van der Waals surface area contributed by atoms with Gasteiger partial charge in [0.15, 0.2) is 5.75 Å². The van der Waals surface area contributed by atoms with E-state index in [0.717, 1.165) is 5.82 Å². The van der Waals surface area contributed by atoms with Crippen LogP contribution in [0.2, 0.25) is 10.0 Å². The lowest BCUT2D eigenvalue weighted by atomic mass is 10.3. The van der Waals surface area contributed by atoms with Crippen LogP contribution in [0.25, 0.3) is 0 Å². The minimum Gasteiger partial charge on any atom is -0.488 e. The van der Waals surface area contributed by atoms with Gasteiger partial charge in [-0.05, 0) is 26.0 Å². The van der Waals surface area contributed by atoms with Gasteiger partial charge in [-0.3, -0.25) is 0 Å². The Balaban J connectivity index is 1.95. The highest BCUT2D eigenvalue weighted by atomic mass is 35.5. The van der Waals surface area contributed by atoms with Crippen LogP contribution in [0, 0.1) is 13.8 Å². The summed E-state index contributed by atoms with van der Waals surface area (Å²) in [6.45, 7) is 4.00. The number of aryl methyl sites for hydroxylation is 2. The average molecular weight is 316 g/mol. The molecule has 0 radical (unpaired) electrons. The molecular formula is C13H15Cl2N3O2. The lowest BCUT2D eigenvalue weighted by Gasteiger charge is -2.14. The van der Waals surface area contributed by atoms with Crippen LogP contribution in [0.3, 0.4) is 0 Å². The van der Waals surface area contributed by atoms with Crippen molar-refractivity contribution in [3.05, 3.63) is 39.9 Å². The molecule has 108 valence electrons. The predicted octanol–water partition coefficient (Wildman–Crippen LogP) is 2.64. The fourth-order valence-corrected chi connectivity index (χ4v) is 2.29. The molecule has 0 aliphatic carbocycles. The molecule has 1 heterocycles. The first kappa shape index (κ1) is 15.1. The van der Waals surface area contributed by atoms with Gasteiger partial charge in [-0.15, -0.1) is 0 Å². The normalized spacial score (nSPS) is 12.4. The number of rotatable bonds is 5. The van der Waals surface area contributed by atoms with E-state index in [0.29, 0.717) is 28.2 Å². The number of aliphatic hydroxyl groups is 1. The average Bonchev–Trinajstić information content (AvgIpc) is 2.67. The molecule has 1 aromatic carbocycles. The zero-order valence-electron chi connectivity index (χ0n) is 11.2. The molecule has 1 unspecified atom stereocenters. The monoisotopic (exact) mass is 315 g/mol. The second-order valence-electron chi connectivity index (χ2n) is 4.40. The van der Waals surface area contributed by atoms with E-state index in [2.05, 4.69) is 10.1 Å². The fourth-order valence-electron chi connectivity index (χ4n) is 1.79. The summed E-state index contributed by atoms with van der Waals surface area (Å²) in [5.74, 6) is 1.79. The van der Waals surface area contributed by atoms with Crippen molar-refractivity contribution in [2.45, 2.75) is 26.5 Å². The van der Waals surface area contributed by atoms with Crippen molar-refractivity contribution in [1.29, 1.82) is 0 Å². The van der Waals surface area contributed by atoms with Crippen LogP contribution in [0.1, 0.15) is 11.6 Å². The molecule has 0 amide bonds. The Labute approximate surface area is 127 Å². The third-order valence-electron chi connectivity index (χ3n) is 2.69. The standard InChI is InChI=1S/C13H15Cl2N3O2/c1-8-16-9(2)18(17-8)6-10(19)7-20-13-11(14)4-3-5-12(13)15/h3-5,10,19H,6-7H2,1-2H3. The Morgan fingerprint density at radius 3 is 2.50 bits per heavy atom.